The van der Waals surface area contributed by atoms with Gasteiger partial charge in [-0.2, -0.15) is 0 Å². The zero-order valence-corrected chi connectivity index (χ0v) is 10.3. The minimum atomic E-state index is 0.0573. The standard InChI is InChI=1S/C13H19NO2/c1-9(2)16-13-6-5-10(3)7-11(13)12(15)8-14-4/h5-7,9,14H,8H2,1-4H3. The van der Waals surface area contributed by atoms with Gasteiger partial charge >= 0.3 is 0 Å². The van der Waals surface area contributed by atoms with Crippen molar-refractivity contribution in [2.45, 2.75) is 26.9 Å². The molecule has 0 atom stereocenters. The van der Waals surface area contributed by atoms with E-state index in [0.717, 1.165) is 5.56 Å². The first kappa shape index (κ1) is 12.7. The van der Waals surface area contributed by atoms with E-state index < -0.39 is 0 Å². The van der Waals surface area contributed by atoms with Gasteiger partial charge in [-0.25, -0.2) is 0 Å². The van der Waals surface area contributed by atoms with Crippen LogP contribution in [0.5, 0.6) is 5.75 Å². The predicted octanol–water partition coefficient (Wildman–Crippen LogP) is 2.18. The van der Waals surface area contributed by atoms with Crippen molar-refractivity contribution in [3.05, 3.63) is 29.3 Å². The van der Waals surface area contributed by atoms with Gasteiger partial charge in [-0.3, -0.25) is 4.79 Å². The number of ether oxygens (including phenoxy) is 1. The molecular weight excluding hydrogens is 202 g/mol. The number of carbonyl (C=O) groups excluding carboxylic acids is 1. The Morgan fingerprint density at radius 1 is 1.44 bits per heavy atom. The summed E-state index contributed by atoms with van der Waals surface area (Å²) in [6, 6.07) is 5.68. The van der Waals surface area contributed by atoms with E-state index in [-0.39, 0.29) is 11.9 Å². The molecule has 3 nitrogen and oxygen atoms in total. The highest BCUT2D eigenvalue weighted by atomic mass is 16.5. The molecule has 0 spiro atoms. The van der Waals surface area contributed by atoms with Gasteiger partial charge in [0.25, 0.3) is 0 Å². The first-order valence-electron chi connectivity index (χ1n) is 5.49. The molecule has 0 fully saturated rings. The smallest absolute Gasteiger partial charge is 0.180 e. The van der Waals surface area contributed by atoms with Crippen molar-refractivity contribution in [2.75, 3.05) is 13.6 Å². The molecule has 1 aromatic carbocycles. The fourth-order valence-corrected chi connectivity index (χ4v) is 1.47. The van der Waals surface area contributed by atoms with Crippen molar-refractivity contribution >= 4 is 5.78 Å². The maximum absolute atomic E-state index is 11.9. The van der Waals surface area contributed by atoms with Crippen LogP contribution in [-0.4, -0.2) is 25.5 Å². The highest BCUT2D eigenvalue weighted by Gasteiger charge is 2.12. The summed E-state index contributed by atoms with van der Waals surface area (Å²) in [6.45, 7) is 6.20. The third-order valence-corrected chi connectivity index (χ3v) is 2.14. The van der Waals surface area contributed by atoms with Gasteiger partial charge in [0.15, 0.2) is 5.78 Å². The number of carbonyl (C=O) groups is 1. The molecule has 0 unspecified atom stereocenters. The van der Waals surface area contributed by atoms with Crippen LogP contribution >= 0.6 is 0 Å². The highest BCUT2D eigenvalue weighted by Crippen LogP contribution is 2.21. The van der Waals surface area contributed by atoms with Crippen LogP contribution < -0.4 is 10.1 Å². The third-order valence-electron chi connectivity index (χ3n) is 2.14. The summed E-state index contributed by atoms with van der Waals surface area (Å²) in [5.41, 5.74) is 1.72. The average molecular weight is 221 g/mol. The fourth-order valence-electron chi connectivity index (χ4n) is 1.47. The van der Waals surface area contributed by atoms with Gasteiger partial charge in [-0.1, -0.05) is 11.6 Å². The van der Waals surface area contributed by atoms with Crippen LogP contribution in [0.4, 0.5) is 0 Å². The minimum absolute atomic E-state index is 0.0573. The molecule has 0 heterocycles. The lowest BCUT2D eigenvalue weighted by atomic mass is 10.1. The zero-order chi connectivity index (χ0) is 12.1. The number of benzene rings is 1. The second kappa shape index (κ2) is 5.66. The van der Waals surface area contributed by atoms with Crippen molar-refractivity contribution in [3.63, 3.8) is 0 Å². The third kappa shape index (κ3) is 3.35. The first-order valence-corrected chi connectivity index (χ1v) is 5.49. The molecule has 3 heteroatoms. The molecule has 1 N–H and O–H groups in total. The molecule has 1 aromatic rings. The molecule has 16 heavy (non-hydrogen) atoms. The summed E-state index contributed by atoms with van der Waals surface area (Å²) >= 11 is 0. The maximum atomic E-state index is 11.9. The molecule has 0 saturated heterocycles. The summed E-state index contributed by atoms with van der Waals surface area (Å²) in [5.74, 6) is 0.725. The Kier molecular flexibility index (Phi) is 4.50. The van der Waals surface area contributed by atoms with Crippen molar-refractivity contribution in [1.82, 2.24) is 5.32 Å². The molecule has 0 aliphatic rings. The van der Waals surface area contributed by atoms with Crippen molar-refractivity contribution in [3.8, 4) is 5.75 Å². The van der Waals surface area contributed by atoms with E-state index in [1.807, 2.05) is 39.0 Å². The normalized spacial score (nSPS) is 10.6. The van der Waals surface area contributed by atoms with Crippen molar-refractivity contribution in [2.24, 2.45) is 0 Å². The highest BCUT2D eigenvalue weighted by molar-refractivity contribution is 6.00. The number of hydrogen-bond donors (Lipinski definition) is 1. The number of Topliss-reactive ketones (excluding diaryl/α,β-unsaturated/α-hetero) is 1. The maximum Gasteiger partial charge on any atom is 0.180 e. The Labute approximate surface area is 96.8 Å². The van der Waals surface area contributed by atoms with E-state index in [1.54, 1.807) is 7.05 Å². The van der Waals surface area contributed by atoms with Gasteiger partial charge in [0.05, 0.1) is 18.2 Å². The first-order chi connectivity index (χ1) is 7.54. The van der Waals surface area contributed by atoms with Crippen LogP contribution in [0.2, 0.25) is 0 Å². The Morgan fingerprint density at radius 3 is 2.69 bits per heavy atom. The van der Waals surface area contributed by atoms with Gasteiger partial charge in [0.2, 0.25) is 0 Å². The van der Waals surface area contributed by atoms with Crippen LogP contribution in [-0.2, 0) is 0 Å². The van der Waals surface area contributed by atoms with Gasteiger partial charge in [0, 0.05) is 0 Å². The van der Waals surface area contributed by atoms with Crippen LogP contribution in [0.3, 0.4) is 0 Å². The predicted molar refractivity (Wildman–Crippen MR) is 65.2 cm³/mol. The quantitative estimate of drug-likeness (QED) is 0.774. The summed E-state index contributed by atoms with van der Waals surface area (Å²) in [4.78, 5) is 11.9. The van der Waals surface area contributed by atoms with Gasteiger partial charge in [-0.15, -0.1) is 0 Å². The summed E-state index contributed by atoms with van der Waals surface area (Å²) in [7, 11) is 1.76. The second-order valence-electron chi connectivity index (χ2n) is 4.12. The lowest BCUT2D eigenvalue weighted by molar-refractivity contribution is 0.0988. The Bertz CT molecular complexity index is 372. The number of rotatable bonds is 5. The molecule has 0 amide bonds. The minimum Gasteiger partial charge on any atom is -0.490 e. The van der Waals surface area contributed by atoms with Crippen LogP contribution in [0, 0.1) is 6.92 Å². The molecular formula is C13H19NO2. The fraction of sp³-hybridized carbons (Fsp3) is 0.462. The summed E-state index contributed by atoms with van der Waals surface area (Å²) in [5, 5.41) is 2.86. The second-order valence-corrected chi connectivity index (χ2v) is 4.12. The van der Waals surface area contributed by atoms with Crippen molar-refractivity contribution in [1.29, 1.82) is 0 Å². The number of nitrogens with one attached hydrogen (secondary N) is 1. The SMILES string of the molecule is CNCC(=O)c1cc(C)ccc1OC(C)C. The van der Waals surface area contributed by atoms with Gasteiger partial charge in [-0.05, 0) is 40.0 Å². The van der Waals surface area contributed by atoms with Gasteiger partial charge < -0.3 is 10.1 Å². The lowest BCUT2D eigenvalue weighted by Gasteiger charge is -2.14. The van der Waals surface area contributed by atoms with Crippen molar-refractivity contribution < 1.29 is 9.53 Å². The number of hydrogen-bond acceptors (Lipinski definition) is 3. The average Bonchev–Trinajstić information content (AvgIpc) is 2.20. The molecule has 0 saturated carbocycles. The van der Waals surface area contributed by atoms with E-state index in [0.29, 0.717) is 17.9 Å². The molecule has 0 aliphatic heterocycles. The van der Waals surface area contributed by atoms with Crippen LogP contribution in [0.15, 0.2) is 18.2 Å². The van der Waals surface area contributed by atoms with E-state index >= 15 is 0 Å². The van der Waals surface area contributed by atoms with Gasteiger partial charge in [0.1, 0.15) is 5.75 Å². The molecule has 88 valence electrons. The van der Waals surface area contributed by atoms with E-state index in [2.05, 4.69) is 5.32 Å². The Balaban J connectivity index is 3.02. The monoisotopic (exact) mass is 221 g/mol. The summed E-state index contributed by atoms with van der Waals surface area (Å²) < 4.78 is 5.62. The number of likely N-dealkylation sites (N-methyl/N-ethyl adjacent to an activating group) is 1. The lowest BCUT2D eigenvalue weighted by Crippen LogP contribution is -2.20. The molecule has 0 aliphatic carbocycles. The molecule has 0 aromatic heterocycles. The van der Waals surface area contributed by atoms with E-state index in [1.165, 1.54) is 0 Å². The van der Waals surface area contributed by atoms with Crippen LogP contribution in [0.1, 0.15) is 29.8 Å². The molecule has 0 bridgehead atoms. The van der Waals surface area contributed by atoms with Crippen LogP contribution in [0.25, 0.3) is 0 Å². The van der Waals surface area contributed by atoms with E-state index in [9.17, 15) is 4.79 Å². The Morgan fingerprint density at radius 2 is 2.12 bits per heavy atom. The number of aryl methyl sites for hydroxylation is 1. The summed E-state index contributed by atoms with van der Waals surface area (Å²) in [6.07, 6.45) is 0.0730. The zero-order valence-electron chi connectivity index (χ0n) is 10.3. The number of ketones is 1. The topological polar surface area (TPSA) is 38.3 Å². The Hall–Kier alpha value is -1.35. The molecule has 1 rings (SSSR count). The largest absolute Gasteiger partial charge is 0.490 e. The van der Waals surface area contributed by atoms with E-state index in [4.69, 9.17) is 4.74 Å². The molecule has 0 radical (unpaired) electrons.